The molecule has 8 nitrogen and oxygen atoms in total. The number of aryl methyl sites for hydroxylation is 3. The lowest BCUT2D eigenvalue weighted by atomic mass is 10.0. The van der Waals surface area contributed by atoms with E-state index in [-0.39, 0.29) is 12.1 Å². The summed E-state index contributed by atoms with van der Waals surface area (Å²) in [5.41, 5.74) is 5.04. The number of anilines is 3. The minimum atomic E-state index is 0.0447. The largest absolute Gasteiger partial charge is 0.374 e. The fraction of sp³-hybridized carbons (Fsp3) is 0.481. The molecule has 0 spiro atoms. The maximum atomic E-state index is 6.12. The van der Waals surface area contributed by atoms with Crippen LogP contribution in [0.4, 0.5) is 17.5 Å². The average molecular weight is 476 g/mol. The van der Waals surface area contributed by atoms with E-state index in [9.17, 15) is 0 Å². The van der Waals surface area contributed by atoms with E-state index in [2.05, 4.69) is 47.0 Å². The van der Waals surface area contributed by atoms with Crippen molar-refractivity contribution in [1.29, 1.82) is 0 Å². The third-order valence-corrected chi connectivity index (χ3v) is 6.46. The molecule has 35 heavy (non-hydrogen) atoms. The summed E-state index contributed by atoms with van der Waals surface area (Å²) in [6.45, 7) is 10.7. The molecule has 0 radical (unpaired) electrons. The molecule has 0 unspecified atom stereocenters. The van der Waals surface area contributed by atoms with Gasteiger partial charge in [-0.25, -0.2) is 19.9 Å². The molecule has 1 aliphatic heterocycles. The van der Waals surface area contributed by atoms with Gasteiger partial charge in [0.1, 0.15) is 17.5 Å². The Morgan fingerprint density at radius 3 is 2.49 bits per heavy atom. The first kappa shape index (κ1) is 24.9. The van der Waals surface area contributed by atoms with Gasteiger partial charge in [0.05, 0.1) is 29.2 Å². The summed E-state index contributed by atoms with van der Waals surface area (Å²) in [6.07, 6.45) is 5.37. The van der Waals surface area contributed by atoms with Crippen molar-refractivity contribution in [2.75, 3.05) is 48.9 Å². The van der Waals surface area contributed by atoms with Crippen molar-refractivity contribution in [2.24, 2.45) is 0 Å². The molecule has 0 aliphatic carbocycles. The first-order valence-electron chi connectivity index (χ1n) is 12.5. The van der Waals surface area contributed by atoms with Crippen LogP contribution in [0.15, 0.2) is 36.7 Å². The van der Waals surface area contributed by atoms with Crippen molar-refractivity contribution in [2.45, 2.75) is 52.7 Å². The lowest BCUT2D eigenvalue weighted by molar-refractivity contribution is 0.0719. The van der Waals surface area contributed by atoms with Crippen LogP contribution < -0.4 is 15.1 Å². The van der Waals surface area contributed by atoms with Crippen LogP contribution in [0.5, 0.6) is 0 Å². The highest BCUT2D eigenvalue weighted by atomic mass is 16.5. The van der Waals surface area contributed by atoms with Crippen LogP contribution >= 0.6 is 0 Å². The van der Waals surface area contributed by atoms with Gasteiger partial charge in [0.25, 0.3) is 0 Å². The highest BCUT2D eigenvalue weighted by Crippen LogP contribution is 2.30. The predicted octanol–water partition coefficient (Wildman–Crippen LogP) is 4.14. The fourth-order valence-corrected chi connectivity index (χ4v) is 4.56. The number of hydrogen-bond donors (Lipinski definition) is 1. The molecule has 3 aromatic rings. The van der Waals surface area contributed by atoms with Crippen molar-refractivity contribution in [3.8, 4) is 11.3 Å². The second-order valence-electron chi connectivity index (χ2n) is 9.11. The van der Waals surface area contributed by atoms with Gasteiger partial charge in [0, 0.05) is 51.7 Å². The van der Waals surface area contributed by atoms with Gasteiger partial charge in [-0.2, -0.15) is 0 Å². The highest BCUT2D eigenvalue weighted by Gasteiger charge is 2.35. The molecule has 0 saturated carbocycles. The van der Waals surface area contributed by atoms with Gasteiger partial charge in [-0.3, -0.25) is 0 Å². The predicted molar refractivity (Wildman–Crippen MR) is 142 cm³/mol. The van der Waals surface area contributed by atoms with E-state index in [1.165, 1.54) is 0 Å². The Morgan fingerprint density at radius 1 is 1.06 bits per heavy atom. The van der Waals surface area contributed by atoms with Gasteiger partial charge in [-0.15, -0.1) is 0 Å². The number of nitrogens with one attached hydrogen (secondary N) is 1. The van der Waals surface area contributed by atoms with Crippen LogP contribution in [0.25, 0.3) is 11.3 Å². The number of rotatable bonds is 9. The van der Waals surface area contributed by atoms with E-state index in [1.807, 2.05) is 56.5 Å². The molecule has 1 N–H and O–H groups in total. The molecule has 1 aliphatic rings. The third kappa shape index (κ3) is 5.37. The zero-order valence-electron chi connectivity index (χ0n) is 21.7. The van der Waals surface area contributed by atoms with E-state index in [0.717, 1.165) is 71.6 Å². The summed E-state index contributed by atoms with van der Waals surface area (Å²) in [6, 6.07) is 8.20. The smallest absolute Gasteiger partial charge is 0.148 e. The summed E-state index contributed by atoms with van der Waals surface area (Å²) in [7, 11) is 4.00. The summed E-state index contributed by atoms with van der Waals surface area (Å²) in [5.74, 6) is 2.75. The fourth-order valence-electron chi connectivity index (χ4n) is 4.56. The van der Waals surface area contributed by atoms with E-state index in [4.69, 9.17) is 14.7 Å². The Labute approximate surface area is 208 Å². The second kappa shape index (κ2) is 11.0. The summed E-state index contributed by atoms with van der Waals surface area (Å²) in [5, 5.41) is 3.70. The third-order valence-electron chi connectivity index (χ3n) is 6.46. The summed E-state index contributed by atoms with van der Waals surface area (Å²) < 4.78 is 6.12. The number of pyridine rings is 2. The molecule has 0 bridgehead atoms. The number of ether oxygens (including phenoxy) is 1. The van der Waals surface area contributed by atoms with Gasteiger partial charge in [-0.05, 0) is 50.5 Å². The van der Waals surface area contributed by atoms with E-state index in [1.54, 1.807) is 0 Å². The SMILES string of the molecule is CCO[C@H]1CN(c2ccccn2)C[C@H]1Nc1nc(CC)c(-c2cnc(N(C)C)cc2C)nc1CC. The topological polar surface area (TPSA) is 79.3 Å². The molecular weight excluding hydrogens is 438 g/mol. The normalized spacial score (nSPS) is 17.6. The molecule has 0 amide bonds. The van der Waals surface area contributed by atoms with Gasteiger partial charge < -0.3 is 19.9 Å². The van der Waals surface area contributed by atoms with Crippen molar-refractivity contribution < 1.29 is 4.74 Å². The van der Waals surface area contributed by atoms with Crippen LogP contribution in [0, 0.1) is 6.92 Å². The molecule has 4 rings (SSSR count). The summed E-state index contributed by atoms with van der Waals surface area (Å²) in [4.78, 5) is 23.7. The van der Waals surface area contributed by atoms with E-state index >= 15 is 0 Å². The Kier molecular flexibility index (Phi) is 7.80. The monoisotopic (exact) mass is 475 g/mol. The average Bonchev–Trinajstić information content (AvgIpc) is 3.26. The minimum absolute atomic E-state index is 0.0447. The quantitative estimate of drug-likeness (QED) is 0.495. The van der Waals surface area contributed by atoms with Crippen LogP contribution in [-0.4, -0.2) is 65.9 Å². The van der Waals surface area contributed by atoms with Crippen molar-refractivity contribution >= 4 is 17.5 Å². The molecule has 4 heterocycles. The molecule has 1 saturated heterocycles. The van der Waals surface area contributed by atoms with E-state index < -0.39 is 0 Å². The van der Waals surface area contributed by atoms with Crippen LogP contribution in [0.1, 0.15) is 37.7 Å². The summed E-state index contributed by atoms with van der Waals surface area (Å²) >= 11 is 0. The van der Waals surface area contributed by atoms with Gasteiger partial charge in [0.2, 0.25) is 0 Å². The van der Waals surface area contributed by atoms with E-state index in [0.29, 0.717) is 6.61 Å². The number of hydrogen-bond acceptors (Lipinski definition) is 8. The lowest BCUT2D eigenvalue weighted by Crippen LogP contribution is -2.35. The minimum Gasteiger partial charge on any atom is -0.374 e. The molecule has 3 aromatic heterocycles. The Morgan fingerprint density at radius 2 is 1.86 bits per heavy atom. The second-order valence-corrected chi connectivity index (χ2v) is 9.11. The Balaban J connectivity index is 1.65. The molecular formula is C27H37N7O. The lowest BCUT2D eigenvalue weighted by Gasteiger charge is -2.22. The van der Waals surface area contributed by atoms with Crippen molar-refractivity contribution in [1.82, 2.24) is 19.9 Å². The molecule has 8 heteroatoms. The molecule has 2 atom stereocenters. The molecule has 186 valence electrons. The zero-order valence-corrected chi connectivity index (χ0v) is 21.7. The van der Waals surface area contributed by atoms with Gasteiger partial charge in [-0.1, -0.05) is 19.9 Å². The maximum absolute atomic E-state index is 6.12. The first-order valence-corrected chi connectivity index (χ1v) is 12.5. The van der Waals surface area contributed by atoms with Crippen molar-refractivity contribution in [3.05, 3.63) is 53.6 Å². The van der Waals surface area contributed by atoms with Crippen LogP contribution in [0.3, 0.4) is 0 Å². The van der Waals surface area contributed by atoms with Crippen LogP contribution in [0.2, 0.25) is 0 Å². The number of aromatic nitrogens is 4. The molecule has 0 aromatic carbocycles. The zero-order chi connectivity index (χ0) is 24.9. The maximum Gasteiger partial charge on any atom is 0.148 e. The highest BCUT2D eigenvalue weighted by molar-refractivity contribution is 5.68. The Bertz CT molecular complexity index is 1140. The number of nitrogens with zero attached hydrogens (tertiary/aromatic N) is 6. The van der Waals surface area contributed by atoms with Gasteiger partial charge >= 0.3 is 0 Å². The first-order chi connectivity index (χ1) is 16.9. The Hall–Kier alpha value is -3.26. The van der Waals surface area contributed by atoms with Gasteiger partial charge in [0.15, 0.2) is 0 Å². The van der Waals surface area contributed by atoms with Crippen LogP contribution in [-0.2, 0) is 17.6 Å². The molecule has 1 fully saturated rings. The standard InChI is InChI=1S/C27H37N7O/c1-7-20-26(19-15-29-25(33(5)6)14-18(19)4)30-21(8-2)27(31-20)32-22-16-34(17-23(22)35-9-3)24-12-10-11-13-28-24/h10-15,22-23H,7-9,16-17H2,1-6H3,(H,31,32)/t22-,23+/m1/s1. The van der Waals surface area contributed by atoms with Crippen molar-refractivity contribution in [3.63, 3.8) is 0 Å².